The number of rotatable bonds is 3. The Bertz CT molecular complexity index is 521. The van der Waals surface area contributed by atoms with E-state index in [4.69, 9.17) is 9.26 Å². The molecule has 6 heteroatoms. The molecule has 16 heavy (non-hydrogen) atoms. The van der Waals surface area contributed by atoms with Crippen LogP contribution < -0.4 is 4.74 Å². The van der Waals surface area contributed by atoms with Crippen molar-refractivity contribution < 1.29 is 14.2 Å². The monoisotopic (exact) mass is 220 g/mol. The lowest BCUT2D eigenvalue weighted by atomic mass is 10.1. The smallest absolute Gasteiger partial charge is 0.311 e. The molecule has 0 saturated carbocycles. The first-order chi connectivity index (χ1) is 7.70. The van der Waals surface area contributed by atoms with E-state index in [9.17, 15) is 10.1 Å². The molecule has 2 rings (SSSR count). The zero-order valence-electron chi connectivity index (χ0n) is 8.41. The Morgan fingerprint density at radius 1 is 1.44 bits per heavy atom. The van der Waals surface area contributed by atoms with Crippen LogP contribution in [0.4, 0.5) is 5.69 Å². The predicted octanol–water partition coefficient (Wildman–Crippen LogP) is 2.26. The third-order valence-electron chi connectivity index (χ3n) is 2.04. The number of hydrogen-bond acceptors (Lipinski definition) is 5. The molecule has 0 atom stereocenters. The van der Waals surface area contributed by atoms with Crippen LogP contribution in [0.25, 0.3) is 11.3 Å². The first-order valence-corrected chi connectivity index (χ1v) is 4.46. The van der Waals surface area contributed by atoms with Gasteiger partial charge in [0.1, 0.15) is 5.69 Å². The number of aromatic nitrogens is 1. The molecular weight excluding hydrogens is 212 g/mol. The second-order valence-electron chi connectivity index (χ2n) is 3.04. The topological polar surface area (TPSA) is 78.4 Å². The SMILES string of the molecule is COc1cc(-c2cccc([N+](=O)[O-])c2)no1. The van der Waals surface area contributed by atoms with Crippen LogP contribution in [0.5, 0.6) is 5.95 Å². The molecule has 1 heterocycles. The summed E-state index contributed by atoms with van der Waals surface area (Å²) in [5.74, 6) is 0.265. The third kappa shape index (κ3) is 1.85. The number of methoxy groups -OCH3 is 1. The first-order valence-electron chi connectivity index (χ1n) is 4.46. The standard InChI is InChI=1S/C10H8N2O4/c1-15-10-6-9(11-16-10)7-3-2-4-8(5-7)12(13)14/h2-6H,1H3. The summed E-state index contributed by atoms with van der Waals surface area (Å²) in [6, 6.07) is 7.72. The zero-order chi connectivity index (χ0) is 11.5. The summed E-state index contributed by atoms with van der Waals surface area (Å²) >= 11 is 0. The number of ether oxygens (including phenoxy) is 1. The van der Waals surface area contributed by atoms with Crippen molar-refractivity contribution in [2.24, 2.45) is 0 Å². The largest absolute Gasteiger partial charge is 0.467 e. The number of nitrogens with zero attached hydrogens (tertiary/aromatic N) is 2. The lowest BCUT2D eigenvalue weighted by Gasteiger charge is -1.94. The van der Waals surface area contributed by atoms with Crippen LogP contribution in [-0.2, 0) is 0 Å². The normalized spacial score (nSPS) is 10.1. The maximum Gasteiger partial charge on any atom is 0.311 e. The molecule has 0 aliphatic rings. The lowest BCUT2D eigenvalue weighted by Crippen LogP contribution is -1.87. The van der Waals surface area contributed by atoms with E-state index in [2.05, 4.69) is 5.16 Å². The predicted molar refractivity (Wildman–Crippen MR) is 55.1 cm³/mol. The maximum atomic E-state index is 10.6. The number of non-ortho nitro benzene ring substituents is 1. The summed E-state index contributed by atoms with van der Waals surface area (Å²) in [6.45, 7) is 0. The molecule has 82 valence electrons. The Kier molecular flexibility index (Phi) is 2.55. The van der Waals surface area contributed by atoms with E-state index in [1.807, 2.05) is 0 Å². The van der Waals surface area contributed by atoms with Gasteiger partial charge in [-0.2, -0.15) is 0 Å². The number of hydrogen-bond donors (Lipinski definition) is 0. The highest BCUT2D eigenvalue weighted by Crippen LogP contribution is 2.25. The fourth-order valence-electron chi connectivity index (χ4n) is 1.27. The Balaban J connectivity index is 2.40. The van der Waals surface area contributed by atoms with Crippen molar-refractivity contribution in [2.75, 3.05) is 7.11 Å². The second kappa shape index (κ2) is 4.01. The summed E-state index contributed by atoms with van der Waals surface area (Å²) < 4.78 is 9.66. The summed E-state index contributed by atoms with van der Waals surface area (Å²) in [5, 5.41) is 14.3. The van der Waals surface area contributed by atoms with Crippen molar-refractivity contribution in [1.29, 1.82) is 0 Å². The van der Waals surface area contributed by atoms with Gasteiger partial charge in [-0.05, 0) is 0 Å². The highest BCUT2D eigenvalue weighted by Gasteiger charge is 2.10. The summed E-state index contributed by atoms with van der Waals surface area (Å²) in [6.07, 6.45) is 0. The summed E-state index contributed by atoms with van der Waals surface area (Å²) in [5.41, 5.74) is 1.13. The van der Waals surface area contributed by atoms with Gasteiger partial charge in [0, 0.05) is 17.7 Å². The Morgan fingerprint density at radius 2 is 2.25 bits per heavy atom. The van der Waals surface area contributed by atoms with Gasteiger partial charge in [-0.3, -0.25) is 10.1 Å². The van der Waals surface area contributed by atoms with Crippen molar-refractivity contribution in [2.45, 2.75) is 0 Å². The molecule has 0 fully saturated rings. The molecule has 0 spiro atoms. The van der Waals surface area contributed by atoms with Gasteiger partial charge < -0.3 is 9.26 Å². The number of nitro groups is 1. The van der Waals surface area contributed by atoms with Gasteiger partial charge in [0.15, 0.2) is 0 Å². The van der Waals surface area contributed by atoms with E-state index in [1.165, 1.54) is 19.2 Å². The van der Waals surface area contributed by atoms with Gasteiger partial charge >= 0.3 is 5.95 Å². The van der Waals surface area contributed by atoms with Crippen LogP contribution in [0.3, 0.4) is 0 Å². The van der Waals surface area contributed by atoms with Crippen molar-refractivity contribution in [3.05, 3.63) is 40.4 Å². The van der Waals surface area contributed by atoms with Crippen molar-refractivity contribution in [1.82, 2.24) is 5.16 Å². The van der Waals surface area contributed by atoms with Crippen LogP contribution in [0.1, 0.15) is 0 Å². The molecule has 1 aromatic carbocycles. The van der Waals surface area contributed by atoms with Crippen molar-refractivity contribution in [3.63, 3.8) is 0 Å². The zero-order valence-corrected chi connectivity index (χ0v) is 8.41. The molecule has 6 nitrogen and oxygen atoms in total. The molecule has 0 aliphatic heterocycles. The molecule has 1 aromatic heterocycles. The van der Waals surface area contributed by atoms with Crippen LogP contribution >= 0.6 is 0 Å². The molecule has 0 radical (unpaired) electrons. The van der Waals surface area contributed by atoms with Crippen LogP contribution in [0.2, 0.25) is 0 Å². The molecule has 0 unspecified atom stereocenters. The first kappa shape index (κ1) is 10.2. The fraction of sp³-hybridized carbons (Fsp3) is 0.100. The quantitative estimate of drug-likeness (QED) is 0.585. The fourth-order valence-corrected chi connectivity index (χ4v) is 1.27. The van der Waals surface area contributed by atoms with Crippen LogP contribution in [0, 0.1) is 10.1 Å². The number of nitro benzene ring substituents is 1. The highest BCUT2D eigenvalue weighted by molar-refractivity contribution is 5.62. The van der Waals surface area contributed by atoms with Crippen molar-refractivity contribution in [3.8, 4) is 17.2 Å². The second-order valence-corrected chi connectivity index (χ2v) is 3.04. The van der Waals surface area contributed by atoms with E-state index in [-0.39, 0.29) is 11.6 Å². The van der Waals surface area contributed by atoms with E-state index in [1.54, 1.807) is 18.2 Å². The number of benzene rings is 1. The maximum absolute atomic E-state index is 10.6. The van der Waals surface area contributed by atoms with Gasteiger partial charge in [-0.25, -0.2) is 0 Å². The Labute approximate surface area is 90.6 Å². The molecule has 0 N–H and O–H groups in total. The average Bonchev–Trinajstić information content (AvgIpc) is 2.77. The molecule has 0 amide bonds. The molecule has 2 aromatic rings. The lowest BCUT2D eigenvalue weighted by molar-refractivity contribution is -0.384. The third-order valence-corrected chi connectivity index (χ3v) is 2.04. The van der Waals surface area contributed by atoms with E-state index in [0.29, 0.717) is 11.3 Å². The van der Waals surface area contributed by atoms with E-state index >= 15 is 0 Å². The molecular formula is C10H8N2O4. The Hall–Kier alpha value is -2.37. The summed E-state index contributed by atoms with van der Waals surface area (Å²) in [7, 11) is 1.46. The highest BCUT2D eigenvalue weighted by atomic mass is 16.6. The molecule has 0 aliphatic carbocycles. The molecule has 0 saturated heterocycles. The van der Waals surface area contributed by atoms with Crippen LogP contribution in [0.15, 0.2) is 34.9 Å². The van der Waals surface area contributed by atoms with Crippen molar-refractivity contribution >= 4 is 5.69 Å². The average molecular weight is 220 g/mol. The van der Waals surface area contributed by atoms with Gasteiger partial charge in [-0.15, -0.1) is 0 Å². The van der Waals surface area contributed by atoms with E-state index < -0.39 is 4.92 Å². The Morgan fingerprint density at radius 3 is 2.88 bits per heavy atom. The van der Waals surface area contributed by atoms with Gasteiger partial charge in [0.25, 0.3) is 5.69 Å². The van der Waals surface area contributed by atoms with E-state index in [0.717, 1.165) is 0 Å². The van der Waals surface area contributed by atoms with Crippen LogP contribution in [-0.4, -0.2) is 17.2 Å². The minimum atomic E-state index is -0.458. The molecule has 0 bridgehead atoms. The minimum Gasteiger partial charge on any atom is -0.467 e. The minimum absolute atomic E-state index is 0.0134. The summed E-state index contributed by atoms with van der Waals surface area (Å²) in [4.78, 5) is 10.1. The van der Waals surface area contributed by atoms with Gasteiger partial charge in [0.2, 0.25) is 0 Å². The van der Waals surface area contributed by atoms with Gasteiger partial charge in [-0.1, -0.05) is 17.3 Å². The van der Waals surface area contributed by atoms with Gasteiger partial charge in [0.05, 0.1) is 18.1 Å².